The van der Waals surface area contributed by atoms with Crippen LogP contribution in [0.5, 0.6) is 5.75 Å². The molecular weight excluding hydrogens is 406 g/mol. The van der Waals surface area contributed by atoms with E-state index in [0.717, 1.165) is 12.8 Å². The standard InChI is InChI=1S/C21H28ClN5O3/c1-20(2,3)17(26-19(29)21(24-14-28)10-4-5-11-21)18(27-13-23-12-25-27)30-16-8-6-15(22)7-9-16/h6-9,12-14,17-18H,4-5,10-11H2,1-3H3,(H,24,28)(H,26,29)/t17-,18+/m0/s1. The molecule has 1 aliphatic rings. The van der Waals surface area contributed by atoms with Crippen LogP contribution in [-0.4, -0.2) is 38.7 Å². The molecule has 1 fully saturated rings. The third kappa shape index (κ3) is 4.92. The number of carbonyl (C=O) groups excluding carboxylic acids is 2. The Bertz CT molecular complexity index is 843. The average molecular weight is 434 g/mol. The summed E-state index contributed by atoms with van der Waals surface area (Å²) in [5, 5.41) is 10.8. The van der Waals surface area contributed by atoms with Crippen LogP contribution in [0.3, 0.4) is 0 Å². The summed E-state index contributed by atoms with van der Waals surface area (Å²) in [6.45, 7) is 6.05. The van der Waals surface area contributed by atoms with Crippen LogP contribution in [0.15, 0.2) is 36.9 Å². The van der Waals surface area contributed by atoms with Crippen LogP contribution in [0.4, 0.5) is 0 Å². The Morgan fingerprint density at radius 1 is 1.27 bits per heavy atom. The first-order chi connectivity index (χ1) is 14.2. The van der Waals surface area contributed by atoms with Crippen LogP contribution >= 0.6 is 11.6 Å². The second-order valence-corrected chi connectivity index (χ2v) is 9.14. The Labute approximate surface area is 181 Å². The first-order valence-electron chi connectivity index (χ1n) is 10.0. The third-order valence-corrected chi connectivity index (χ3v) is 5.75. The summed E-state index contributed by atoms with van der Waals surface area (Å²) >= 11 is 5.99. The zero-order chi connectivity index (χ0) is 21.8. The molecule has 0 unspecified atom stereocenters. The zero-order valence-corrected chi connectivity index (χ0v) is 18.2. The first-order valence-corrected chi connectivity index (χ1v) is 10.4. The topological polar surface area (TPSA) is 98.1 Å². The van der Waals surface area contributed by atoms with E-state index in [1.807, 2.05) is 20.8 Å². The predicted octanol–water partition coefficient (Wildman–Crippen LogP) is 3.10. The van der Waals surface area contributed by atoms with Crippen LogP contribution < -0.4 is 15.4 Å². The molecule has 9 heteroatoms. The van der Waals surface area contributed by atoms with E-state index in [0.29, 0.717) is 30.0 Å². The smallest absolute Gasteiger partial charge is 0.246 e. The molecule has 1 heterocycles. The number of ether oxygens (including phenoxy) is 1. The number of aromatic nitrogens is 3. The van der Waals surface area contributed by atoms with Gasteiger partial charge in [-0.05, 0) is 42.5 Å². The fourth-order valence-corrected chi connectivity index (χ4v) is 3.93. The second kappa shape index (κ2) is 9.04. The number of carbonyl (C=O) groups is 2. The Morgan fingerprint density at radius 2 is 1.93 bits per heavy atom. The van der Waals surface area contributed by atoms with Crippen molar-refractivity contribution in [1.82, 2.24) is 25.4 Å². The lowest BCUT2D eigenvalue weighted by Gasteiger charge is -2.39. The summed E-state index contributed by atoms with van der Waals surface area (Å²) in [5.41, 5.74) is -1.28. The lowest BCUT2D eigenvalue weighted by molar-refractivity contribution is -0.133. The molecule has 0 aliphatic heterocycles. The minimum atomic E-state index is -0.890. The van der Waals surface area contributed by atoms with Crippen molar-refractivity contribution in [3.8, 4) is 5.75 Å². The molecule has 8 nitrogen and oxygen atoms in total. The summed E-state index contributed by atoms with van der Waals surface area (Å²) in [7, 11) is 0. The van der Waals surface area contributed by atoms with E-state index < -0.39 is 17.8 Å². The maximum Gasteiger partial charge on any atom is 0.246 e. The monoisotopic (exact) mass is 433 g/mol. The Hall–Kier alpha value is -2.61. The van der Waals surface area contributed by atoms with Gasteiger partial charge in [-0.1, -0.05) is 45.2 Å². The highest BCUT2D eigenvalue weighted by atomic mass is 35.5. The number of nitrogens with zero attached hydrogens (tertiary/aromatic N) is 3. The summed E-state index contributed by atoms with van der Waals surface area (Å²) in [4.78, 5) is 28.6. The fraction of sp³-hybridized carbons (Fsp3) is 0.524. The number of benzene rings is 1. The molecule has 2 atom stereocenters. The summed E-state index contributed by atoms with van der Waals surface area (Å²) in [5.74, 6) is 0.377. The summed E-state index contributed by atoms with van der Waals surface area (Å²) < 4.78 is 7.84. The van der Waals surface area contributed by atoms with Crippen LogP contribution in [0.1, 0.15) is 52.7 Å². The Kier molecular flexibility index (Phi) is 6.65. The van der Waals surface area contributed by atoms with E-state index >= 15 is 0 Å². The van der Waals surface area contributed by atoms with Crippen molar-refractivity contribution in [2.24, 2.45) is 5.41 Å². The molecular formula is C21H28ClN5O3. The average Bonchev–Trinajstić information content (AvgIpc) is 3.38. The van der Waals surface area contributed by atoms with Gasteiger partial charge >= 0.3 is 0 Å². The van der Waals surface area contributed by atoms with E-state index in [2.05, 4.69) is 20.7 Å². The SMILES string of the molecule is CC(C)(C)[C@@H](NC(=O)C1(NC=O)CCCC1)[C@@H](Oc1ccc(Cl)cc1)n1cncn1. The molecule has 162 valence electrons. The van der Waals surface area contributed by atoms with Gasteiger partial charge in [-0.15, -0.1) is 0 Å². The largest absolute Gasteiger partial charge is 0.466 e. The Balaban J connectivity index is 1.92. The molecule has 1 aromatic heterocycles. The number of amides is 2. The van der Waals surface area contributed by atoms with Crippen LogP contribution in [0.2, 0.25) is 5.02 Å². The van der Waals surface area contributed by atoms with Gasteiger partial charge in [0.25, 0.3) is 0 Å². The fourth-order valence-electron chi connectivity index (χ4n) is 3.80. The van der Waals surface area contributed by atoms with Crippen LogP contribution in [0.25, 0.3) is 0 Å². The van der Waals surface area contributed by atoms with Crippen molar-refractivity contribution < 1.29 is 14.3 Å². The lowest BCUT2D eigenvalue weighted by atomic mass is 9.84. The molecule has 1 saturated carbocycles. The predicted molar refractivity (Wildman–Crippen MR) is 113 cm³/mol. The molecule has 2 N–H and O–H groups in total. The van der Waals surface area contributed by atoms with E-state index in [9.17, 15) is 9.59 Å². The highest BCUT2D eigenvalue weighted by Gasteiger charge is 2.45. The highest BCUT2D eigenvalue weighted by molar-refractivity contribution is 6.30. The Morgan fingerprint density at radius 3 is 2.47 bits per heavy atom. The van der Waals surface area contributed by atoms with E-state index in [1.54, 1.807) is 35.3 Å². The van der Waals surface area contributed by atoms with E-state index in [4.69, 9.17) is 16.3 Å². The van der Waals surface area contributed by atoms with Gasteiger partial charge in [-0.2, -0.15) is 5.10 Å². The van der Waals surface area contributed by atoms with Gasteiger partial charge in [0.05, 0.1) is 6.04 Å². The van der Waals surface area contributed by atoms with Gasteiger partial charge in [-0.25, -0.2) is 9.67 Å². The van der Waals surface area contributed by atoms with Crippen molar-refractivity contribution in [2.45, 2.75) is 64.3 Å². The van der Waals surface area contributed by atoms with Crippen molar-refractivity contribution in [2.75, 3.05) is 0 Å². The van der Waals surface area contributed by atoms with Gasteiger partial charge < -0.3 is 15.4 Å². The van der Waals surface area contributed by atoms with Crippen molar-refractivity contribution in [1.29, 1.82) is 0 Å². The van der Waals surface area contributed by atoms with Crippen molar-refractivity contribution in [3.63, 3.8) is 0 Å². The molecule has 0 saturated heterocycles. The maximum absolute atomic E-state index is 13.3. The lowest BCUT2D eigenvalue weighted by Crippen LogP contribution is -2.60. The third-order valence-electron chi connectivity index (χ3n) is 5.50. The zero-order valence-electron chi connectivity index (χ0n) is 17.5. The first kappa shape index (κ1) is 22.1. The quantitative estimate of drug-likeness (QED) is 0.623. The van der Waals surface area contributed by atoms with E-state index in [1.165, 1.54) is 6.33 Å². The van der Waals surface area contributed by atoms with Crippen molar-refractivity contribution >= 4 is 23.9 Å². The van der Waals surface area contributed by atoms with E-state index in [-0.39, 0.29) is 11.3 Å². The molecule has 3 rings (SSSR count). The summed E-state index contributed by atoms with van der Waals surface area (Å²) in [6.07, 6.45) is 5.93. The minimum Gasteiger partial charge on any atom is -0.466 e. The molecule has 0 radical (unpaired) electrons. The molecule has 1 aliphatic carbocycles. The number of rotatable bonds is 8. The maximum atomic E-state index is 13.3. The normalized spacial score (nSPS) is 17.7. The van der Waals surface area contributed by atoms with Crippen LogP contribution in [-0.2, 0) is 9.59 Å². The highest BCUT2D eigenvalue weighted by Crippen LogP contribution is 2.34. The summed E-state index contributed by atoms with van der Waals surface area (Å²) in [6, 6.07) is 6.54. The second-order valence-electron chi connectivity index (χ2n) is 8.71. The van der Waals surface area contributed by atoms with Crippen molar-refractivity contribution in [3.05, 3.63) is 41.9 Å². The number of nitrogens with one attached hydrogen (secondary N) is 2. The molecule has 2 aromatic rings. The van der Waals surface area contributed by atoms with Gasteiger partial charge in [0.1, 0.15) is 23.9 Å². The molecule has 30 heavy (non-hydrogen) atoms. The number of hydrogen-bond acceptors (Lipinski definition) is 5. The van der Waals surface area contributed by atoms with Gasteiger partial charge in [0.15, 0.2) is 0 Å². The number of halogens is 1. The van der Waals surface area contributed by atoms with Gasteiger partial charge in [0, 0.05) is 5.02 Å². The number of hydrogen-bond donors (Lipinski definition) is 2. The minimum absolute atomic E-state index is 0.211. The molecule has 2 amide bonds. The van der Waals surface area contributed by atoms with Gasteiger partial charge in [0.2, 0.25) is 18.5 Å². The molecule has 0 bridgehead atoms. The van der Waals surface area contributed by atoms with Crippen LogP contribution in [0, 0.1) is 5.41 Å². The van der Waals surface area contributed by atoms with Gasteiger partial charge in [-0.3, -0.25) is 9.59 Å². The molecule has 1 aromatic carbocycles. The molecule has 0 spiro atoms.